The summed E-state index contributed by atoms with van der Waals surface area (Å²) in [6, 6.07) is 0. The van der Waals surface area contributed by atoms with Crippen molar-refractivity contribution in [1.82, 2.24) is 0 Å². The highest BCUT2D eigenvalue weighted by molar-refractivity contribution is 6.02. The van der Waals surface area contributed by atoms with Crippen LogP contribution in [0.1, 0.15) is 80.6 Å². The van der Waals surface area contributed by atoms with Crippen molar-refractivity contribution < 1.29 is 23.9 Å². The van der Waals surface area contributed by atoms with E-state index in [9.17, 15) is 14.4 Å². The first-order valence-electron chi connectivity index (χ1n) is 13.3. The predicted octanol–water partition coefficient (Wildman–Crippen LogP) is 5.49. The monoisotopic (exact) mass is 478 g/mol. The highest BCUT2D eigenvalue weighted by Gasteiger charge is 2.70. The van der Waals surface area contributed by atoms with Crippen molar-refractivity contribution in [2.45, 2.75) is 92.5 Å². The summed E-state index contributed by atoms with van der Waals surface area (Å²) in [6.07, 6.45) is 9.26. The Kier molecular flexibility index (Phi) is 4.44. The molecule has 0 aromatic carbocycles. The maximum atomic E-state index is 14.1. The number of allylic oxidation sites excluding steroid dienone is 4. The van der Waals surface area contributed by atoms with E-state index in [0.717, 1.165) is 24.8 Å². The van der Waals surface area contributed by atoms with Crippen molar-refractivity contribution in [2.24, 2.45) is 39.4 Å². The fourth-order valence-corrected chi connectivity index (χ4v) is 9.73. The molecule has 188 valence electrons. The number of carbonyl (C=O) groups excluding carboxylic acids is 3. The summed E-state index contributed by atoms with van der Waals surface area (Å²) in [5.41, 5.74) is 1.57. The van der Waals surface area contributed by atoms with E-state index in [1.807, 2.05) is 26.0 Å². The number of rotatable bonds is 0. The second kappa shape index (κ2) is 6.65. The van der Waals surface area contributed by atoms with E-state index < -0.39 is 16.6 Å². The Bertz CT molecular complexity index is 1170. The van der Waals surface area contributed by atoms with Gasteiger partial charge in [0.05, 0.1) is 6.10 Å². The van der Waals surface area contributed by atoms with E-state index in [0.29, 0.717) is 18.4 Å². The van der Waals surface area contributed by atoms with Gasteiger partial charge in [-0.2, -0.15) is 0 Å². The lowest BCUT2D eigenvalue weighted by Crippen LogP contribution is -2.55. The molecule has 1 saturated carbocycles. The second-order valence-corrected chi connectivity index (χ2v) is 13.6. The van der Waals surface area contributed by atoms with E-state index >= 15 is 0 Å². The van der Waals surface area contributed by atoms with Crippen molar-refractivity contribution in [3.05, 3.63) is 34.9 Å². The quantitative estimate of drug-likeness (QED) is 0.430. The Labute approximate surface area is 208 Å². The van der Waals surface area contributed by atoms with Crippen LogP contribution in [-0.4, -0.2) is 29.4 Å². The topological polar surface area (TPSA) is 69.7 Å². The van der Waals surface area contributed by atoms with Crippen molar-refractivity contribution in [3.63, 3.8) is 0 Å². The Morgan fingerprint density at radius 2 is 1.74 bits per heavy atom. The number of Topliss-reactive ketones (excluding diaryl/α,β-unsaturated/α-hetero) is 1. The summed E-state index contributed by atoms with van der Waals surface area (Å²) in [5, 5.41) is 0. The minimum Gasteiger partial charge on any atom is -0.426 e. The largest absolute Gasteiger partial charge is 0.426 e. The summed E-state index contributed by atoms with van der Waals surface area (Å²) in [6.45, 7) is 14.9. The molecule has 6 aliphatic rings. The summed E-state index contributed by atoms with van der Waals surface area (Å²) in [7, 11) is 0. The number of ketones is 2. The lowest BCUT2D eigenvalue weighted by Gasteiger charge is -2.58. The fourth-order valence-electron chi connectivity index (χ4n) is 9.73. The van der Waals surface area contributed by atoms with Crippen LogP contribution in [-0.2, 0) is 23.9 Å². The van der Waals surface area contributed by atoms with Gasteiger partial charge in [-0.05, 0) is 66.9 Å². The molecule has 8 unspecified atom stereocenters. The lowest BCUT2D eigenvalue weighted by molar-refractivity contribution is -0.257. The molecule has 0 N–H and O–H groups in total. The van der Waals surface area contributed by atoms with Crippen molar-refractivity contribution >= 4 is 17.5 Å². The third kappa shape index (κ3) is 2.66. The number of fused-ring (bicyclic) bond motifs is 6. The van der Waals surface area contributed by atoms with Gasteiger partial charge in [0.1, 0.15) is 0 Å². The SMILES string of the molecule is CC1=CC2(CC(C)C3C(CC4(C)C5=C(C(=O)CC34C)C3(C)C=CC(=O)C(C)(C)C3CC5)O2)OC1=O. The molecule has 0 aromatic heterocycles. The van der Waals surface area contributed by atoms with Crippen molar-refractivity contribution in [2.75, 3.05) is 0 Å². The molecule has 8 atom stereocenters. The number of carbonyl (C=O) groups is 3. The summed E-state index contributed by atoms with van der Waals surface area (Å²) in [5.74, 6) is -0.260. The first kappa shape index (κ1) is 23.4. The standard InChI is InChI=1S/C30H38O5/c1-16-12-30(13-17(2)25(33)35-30)34-20-15-28(6)18-8-9-21-26(3,4)22(32)10-11-27(21,5)24(18)19(31)14-29(28,7)23(16)20/h10-11,13,16,20-21,23H,8-9,12,14-15H2,1-7H3. The maximum Gasteiger partial charge on any atom is 0.336 e. The van der Waals surface area contributed by atoms with Crippen LogP contribution in [0.15, 0.2) is 34.9 Å². The number of esters is 1. The highest BCUT2D eigenvalue weighted by atomic mass is 16.7. The number of ether oxygens (including phenoxy) is 2. The average Bonchev–Trinajstić information content (AvgIpc) is 3.13. The molecule has 2 heterocycles. The Hall–Kier alpha value is -2.01. The first-order chi connectivity index (χ1) is 16.2. The predicted molar refractivity (Wildman–Crippen MR) is 131 cm³/mol. The molecular formula is C30H38O5. The zero-order chi connectivity index (χ0) is 25.3. The molecule has 0 radical (unpaired) electrons. The number of hydrogen-bond acceptors (Lipinski definition) is 5. The fraction of sp³-hybridized carbons (Fsp3) is 0.700. The zero-order valence-corrected chi connectivity index (χ0v) is 22.1. The van der Waals surface area contributed by atoms with Gasteiger partial charge < -0.3 is 9.47 Å². The minimum atomic E-state index is -0.969. The molecule has 2 fully saturated rings. The molecule has 35 heavy (non-hydrogen) atoms. The van der Waals surface area contributed by atoms with Crippen LogP contribution >= 0.6 is 0 Å². The molecule has 1 saturated heterocycles. The van der Waals surface area contributed by atoms with Gasteiger partial charge in [-0.1, -0.05) is 53.2 Å². The van der Waals surface area contributed by atoms with Crippen LogP contribution in [0.2, 0.25) is 0 Å². The van der Waals surface area contributed by atoms with Crippen LogP contribution in [0.5, 0.6) is 0 Å². The first-order valence-corrected chi connectivity index (χ1v) is 13.3. The molecule has 6 rings (SSSR count). The van der Waals surface area contributed by atoms with E-state index in [4.69, 9.17) is 9.47 Å². The molecule has 0 amide bonds. The molecule has 5 nitrogen and oxygen atoms in total. The zero-order valence-electron chi connectivity index (χ0n) is 22.1. The van der Waals surface area contributed by atoms with Gasteiger partial charge >= 0.3 is 5.97 Å². The molecule has 2 aliphatic heterocycles. The maximum absolute atomic E-state index is 14.1. The van der Waals surface area contributed by atoms with Gasteiger partial charge in [-0.25, -0.2) is 4.79 Å². The van der Waals surface area contributed by atoms with Crippen molar-refractivity contribution in [1.29, 1.82) is 0 Å². The smallest absolute Gasteiger partial charge is 0.336 e. The van der Waals surface area contributed by atoms with Gasteiger partial charge in [0.25, 0.3) is 0 Å². The second-order valence-electron chi connectivity index (χ2n) is 13.6. The van der Waals surface area contributed by atoms with Crippen molar-refractivity contribution in [3.8, 4) is 0 Å². The van der Waals surface area contributed by atoms with Crippen LogP contribution in [0.25, 0.3) is 0 Å². The summed E-state index contributed by atoms with van der Waals surface area (Å²) < 4.78 is 12.4. The molecule has 0 aromatic rings. The normalized spacial score (nSPS) is 49.9. The molecular weight excluding hydrogens is 440 g/mol. The molecule has 1 spiro atoms. The number of hydrogen-bond donors (Lipinski definition) is 0. The van der Waals surface area contributed by atoms with Gasteiger partial charge in [0.15, 0.2) is 11.6 Å². The Morgan fingerprint density at radius 3 is 2.40 bits per heavy atom. The average molecular weight is 479 g/mol. The van der Waals surface area contributed by atoms with Gasteiger partial charge in [0, 0.05) is 34.8 Å². The van der Waals surface area contributed by atoms with E-state index in [1.165, 1.54) is 5.57 Å². The van der Waals surface area contributed by atoms with Gasteiger partial charge in [-0.15, -0.1) is 0 Å². The van der Waals surface area contributed by atoms with Crippen LogP contribution in [0.3, 0.4) is 0 Å². The van der Waals surface area contributed by atoms with E-state index in [2.05, 4.69) is 27.7 Å². The van der Waals surface area contributed by atoms with E-state index in [-0.39, 0.29) is 52.2 Å². The lowest BCUT2D eigenvalue weighted by atomic mass is 9.44. The Morgan fingerprint density at radius 1 is 1.03 bits per heavy atom. The minimum absolute atomic E-state index is 0.0752. The third-order valence-electron chi connectivity index (χ3n) is 11.4. The van der Waals surface area contributed by atoms with Gasteiger partial charge in [-0.3, -0.25) is 9.59 Å². The van der Waals surface area contributed by atoms with E-state index in [1.54, 1.807) is 13.0 Å². The Balaban J connectivity index is 1.46. The highest BCUT2D eigenvalue weighted by Crippen LogP contribution is 2.72. The van der Waals surface area contributed by atoms with Crippen LogP contribution < -0.4 is 0 Å². The van der Waals surface area contributed by atoms with Crippen LogP contribution in [0, 0.1) is 39.4 Å². The summed E-state index contributed by atoms with van der Waals surface area (Å²) in [4.78, 5) is 39.1. The third-order valence-corrected chi connectivity index (χ3v) is 11.4. The molecule has 5 heteroatoms. The summed E-state index contributed by atoms with van der Waals surface area (Å²) >= 11 is 0. The molecule has 0 bridgehead atoms. The van der Waals surface area contributed by atoms with Gasteiger partial charge in [0.2, 0.25) is 5.79 Å². The molecule has 4 aliphatic carbocycles. The van der Waals surface area contributed by atoms with Crippen LogP contribution in [0.4, 0.5) is 0 Å².